The Hall–Kier alpha value is -1.72. The molecule has 0 radical (unpaired) electrons. The van der Waals surface area contributed by atoms with Gasteiger partial charge < -0.3 is 10.6 Å². The van der Waals surface area contributed by atoms with Crippen LogP contribution in [0.1, 0.15) is 16.7 Å². The Morgan fingerprint density at radius 2 is 1.71 bits per heavy atom. The molecule has 0 aliphatic rings. The summed E-state index contributed by atoms with van der Waals surface area (Å²) >= 11 is 0. The Bertz CT molecular complexity index is 903. The molecule has 9 heteroatoms. The number of aryl methyl sites for hydroxylation is 2. The molecule has 3 N–H and O–H groups in total. The summed E-state index contributed by atoms with van der Waals surface area (Å²) in [5.41, 5.74) is 2.52. The molecule has 0 unspecified atom stereocenters. The zero-order valence-electron chi connectivity index (χ0n) is 16.1. The van der Waals surface area contributed by atoms with Crippen LogP contribution in [0.4, 0.5) is 4.39 Å². The van der Waals surface area contributed by atoms with Gasteiger partial charge in [-0.15, -0.1) is 24.0 Å². The molecule has 0 saturated carbocycles. The van der Waals surface area contributed by atoms with E-state index in [9.17, 15) is 12.8 Å². The van der Waals surface area contributed by atoms with E-state index >= 15 is 0 Å². The van der Waals surface area contributed by atoms with Crippen LogP contribution in [0, 0.1) is 19.7 Å². The van der Waals surface area contributed by atoms with Crippen molar-refractivity contribution in [2.75, 3.05) is 20.1 Å². The van der Waals surface area contributed by atoms with Crippen molar-refractivity contribution >= 4 is 40.0 Å². The number of halogens is 2. The largest absolute Gasteiger partial charge is 0.355 e. The second-order valence-electron chi connectivity index (χ2n) is 6.15. The Labute approximate surface area is 183 Å². The fourth-order valence-electron chi connectivity index (χ4n) is 2.39. The van der Waals surface area contributed by atoms with Gasteiger partial charge in [-0.1, -0.05) is 29.8 Å². The van der Waals surface area contributed by atoms with Gasteiger partial charge in [0.15, 0.2) is 5.96 Å². The molecule has 0 aliphatic carbocycles. The number of sulfonamides is 1. The van der Waals surface area contributed by atoms with Crippen LogP contribution in [-0.2, 0) is 16.6 Å². The normalized spacial score (nSPS) is 11.6. The molecule has 154 valence electrons. The molecule has 0 aromatic heterocycles. The fraction of sp³-hybridized carbons (Fsp3) is 0.316. The van der Waals surface area contributed by atoms with E-state index in [0.717, 1.165) is 11.1 Å². The maximum Gasteiger partial charge on any atom is 0.240 e. The van der Waals surface area contributed by atoms with E-state index in [-0.39, 0.29) is 41.2 Å². The van der Waals surface area contributed by atoms with E-state index in [1.165, 1.54) is 6.07 Å². The molecular formula is C19H26FIN4O2S. The summed E-state index contributed by atoms with van der Waals surface area (Å²) in [5, 5.41) is 6.14. The lowest BCUT2D eigenvalue weighted by Crippen LogP contribution is -2.41. The van der Waals surface area contributed by atoms with Gasteiger partial charge in [-0.2, -0.15) is 0 Å². The minimum absolute atomic E-state index is 0. The van der Waals surface area contributed by atoms with E-state index < -0.39 is 10.0 Å². The van der Waals surface area contributed by atoms with E-state index in [1.54, 1.807) is 50.4 Å². The molecule has 0 atom stereocenters. The van der Waals surface area contributed by atoms with E-state index in [0.29, 0.717) is 24.6 Å². The number of aliphatic imine (C=N–C) groups is 1. The number of nitrogens with zero attached hydrogens (tertiary/aromatic N) is 1. The Morgan fingerprint density at radius 1 is 1.04 bits per heavy atom. The van der Waals surface area contributed by atoms with Crippen LogP contribution >= 0.6 is 24.0 Å². The summed E-state index contributed by atoms with van der Waals surface area (Å²) < 4.78 is 40.3. The second kappa shape index (κ2) is 11.3. The predicted molar refractivity (Wildman–Crippen MR) is 121 cm³/mol. The van der Waals surface area contributed by atoms with Crippen LogP contribution in [-0.4, -0.2) is 34.5 Å². The van der Waals surface area contributed by atoms with Gasteiger partial charge in [0.1, 0.15) is 5.82 Å². The van der Waals surface area contributed by atoms with Gasteiger partial charge in [0.25, 0.3) is 0 Å². The zero-order chi connectivity index (χ0) is 19.9. The average Bonchev–Trinajstić information content (AvgIpc) is 2.64. The molecule has 0 heterocycles. The standard InChI is InChI=1S/C19H25FN4O2S.HI/c1-14-4-7-17(8-5-14)27(25,26)24-11-10-22-19(21-3)23-13-16-6-9-18(20)15(2)12-16;/h4-9,12,24H,10-11,13H2,1-3H3,(H2,21,22,23);1H. The van der Waals surface area contributed by atoms with Gasteiger partial charge >= 0.3 is 0 Å². The summed E-state index contributed by atoms with van der Waals surface area (Å²) in [4.78, 5) is 4.33. The number of nitrogens with one attached hydrogen (secondary N) is 3. The monoisotopic (exact) mass is 520 g/mol. The van der Waals surface area contributed by atoms with Gasteiger partial charge in [0, 0.05) is 26.7 Å². The fourth-order valence-corrected chi connectivity index (χ4v) is 3.42. The number of hydrogen-bond acceptors (Lipinski definition) is 3. The first-order valence-electron chi connectivity index (χ1n) is 8.57. The third kappa shape index (κ3) is 7.36. The molecule has 0 amide bonds. The lowest BCUT2D eigenvalue weighted by atomic mass is 10.1. The van der Waals surface area contributed by atoms with Crippen LogP contribution in [0.15, 0.2) is 52.4 Å². The third-order valence-corrected chi connectivity index (χ3v) is 5.42. The van der Waals surface area contributed by atoms with E-state index in [4.69, 9.17) is 0 Å². The second-order valence-corrected chi connectivity index (χ2v) is 7.91. The van der Waals surface area contributed by atoms with Gasteiger partial charge in [-0.3, -0.25) is 4.99 Å². The highest BCUT2D eigenvalue weighted by atomic mass is 127. The van der Waals surface area contributed by atoms with Crippen molar-refractivity contribution < 1.29 is 12.8 Å². The van der Waals surface area contributed by atoms with Crippen molar-refractivity contribution in [3.05, 3.63) is 65.0 Å². The molecule has 2 aromatic rings. The van der Waals surface area contributed by atoms with Crippen molar-refractivity contribution in [2.45, 2.75) is 25.3 Å². The van der Waals surface area contributed by atoms with Crippen molar-refractivity contribution in [1.29, 1.82) is 0 Å². The van der Waals surface area contributed by atoms with Gasteiger partial charge in [0.05, 0.1) is 4.90 Å². The smallest absolute Gasteiger partial charge is 0.240 e. The van der Waals surface area contributed by atoms with Crippen LogP contribution in [0.3, 0.4) is 0 Å². The first-order valence-corrected chi connectivity index (χ1v) is 10.1. The Kier molecular flexibility index (Phi) is 9.83. The van der Waals surface area contributed by atoms with Crippen LogP contribution in [0.2, 0.25) is 0 Å². The minimum Gasteiger partial charge on any atom is -0.355 e. The van der Waals surface area contributed by atoms with E-state index in [1.807, 2.05) is 6.92 Å². The maximum absolute atomic E-state index is 13.3. The van der Waals surface area contributed by atoms with Crippen LogP contribution < -0.4 is 15.4 Å². The molecule has 0 aliphatic heterocycles. The molecule has 2 rings (SSSR count). The van der Waals surface area contributed by atoms with Crippen molar-refractivity contribution in [2.24, 2.45) is 4.99 Å². The minimum atomic E-state index is -3.53. The number of guanidine groups is 1. The quantitative estimate of drug-likeness (QED) is 0.227. The third-order valence-electron chi connectivity index (χ3n) is 3.95. The molecular weight excluding hydrogens is 494 g/mol. The van der Waals surface area contributed by atoms with Crippen molar-refractivity contribution in [1.82, 2.24) is 15.4 Å². The van der Waals surface area contributed by atoms with E-state index in [2.05, 4.69) is 20.3 Å². The summed E-state index contributed by atoms with van der Waals surface area (Å²) in [6.45, 7) is 4.68. The Balaban J connectivity index is 0.00000392. The number of benzene rings is 2. The van der Waals surface area contributed by atoms with Gasteiger partial charge in [-0.05, 0) is 43.2 Å². The number of hydrogen-bond donors (Lipinski definition) is 3. The first kappa shape index (κ1) is 24.3. The molecule has 0 bridgehead atoms. The van der Waals surface area contributed by atoms with Crippen molar-refractivity contribution in [3.8, 4) is 0 Å². The number of rotatable bonds is 7. The summed E-state index contributed by atoms with van der Waals surface area (Å²) in [6.07, 6.45) is 0. The highest BCUT2D eigenvalue weighted by Gasteiger charge is 2.12. The topological polar surface area (TPSA) is 82.6 Å². The zero-order valence-corrected chi connectivity index (χ0v) is 19.3. The van der Waals surface area contributed by atoms with Gasteiger partial charge in [0.2, 0.25) is 10.0 Å². The molecule has 0 saturated heterocycles. The molecule has 2 aromatic carbocycles. The molecule has 28 heavy (non-hydrogen) atoms. The maximum atomic E-state index is 13.3. The summed E-state index contributed by atoms with van der Waals surface area (Å²) in [5.74, 6) is 0.300. The van der Waals surface area contributed by atoms with Crippen LogP contribution in [0.5, 0.6) is 0 Å². The summed E-state index contributed by atoms with van der Waals surface area (Å²) in [6, 6.07) is 11.6. The van der Waals surface area contributed by atoms with Crippen LogP contribution in [0.25, 0.3) is 0 Å². The van der Waals surface area contributed by atoms with Gasteiger partial charge in [-0.25, -0.2) is 17.5 Å². The molecule has 6 nitrogen and oxygen atoms in total. The first-order chi connectivity index (χ1) is 12.8. The highest BCUT2D eigenvalue weighted by molar-refractivity contribution is 14.0. The Morgan fingerprint density at radius 3 is 2.32 bits per heavy atom. The lowest BCUT2D eigenvalue weighted by Gasteiger charge is -2.13. The molecule has 0 fully saturated rings. The predicted octanol–water partition coefficient (Wildman–Crippen LogP) is 2.70. The average molecular weight is 520 g/mol. The van der Waals surface area contributed by atoms with Crippen molar-refractivity contribution in [3.63, 3.8) is 0 Å². The lowest BCUT2D eigenvalue weighted by molar-refractivity contribution is 0.580. The highest BCUT2D eigenvalue weighted by Crippen LogP contribution is 2.10. The summed E-state index contributed by atoms with van der Waals surface area (Å²) in [7, 11) is -1.90. The SMILES string of the molecule is CN=C(NCCNS(=O)(=O)c1ccc(C)cc1)NCc1ccc(F)c(C)c1.I. The molecule has 0 spiro atoms.